The molecule has 4 rings (SSSR count). The van der Waals surface area contributed by atoms with Crippen LogP contribution in [0.2, 0.25) is 19.6 Å². The second-order valence-corrected chi connectivity index (χ2v) is 16.8. The Labute approximate surface area is 169 Å². The fourth-order valence-corrected chi connectivity index (χ4v) is 9.32. The highest BCUT2D eigenvalue weighted by atomic mass is 28.4. The highest BCUT2D eigenvalue weighted by molar-refractivity contribution is 6.69. The Kier molecular flexibility index (Phi) is 4.83. The number of hydrogen-bond donors (Lipinski definition) is 0. The molecule has 0 aromatic carbocycles. The first-order valence-corrected chi connectivity index (χ1v) is 15.3. The highest BCUT2D eigenvalue weighted by Gasteiger charge is 2.61. The third kappa shape index (κ3) is 3.03. The zero-order chi connectivity index (χ0) is 19.8. The predicted molar refractivity (Wildman–Crippen MR) is 118 cm³/mol. The molecular weight excluding hydrogens is 344 g/mol. The van der Waals surface area contributed by atoms with E-state index >= 15 is 0 Å². The van der Waals surface area contributed by atoms with E-state index in [0.29, 0.717) is 16.9 Å². The van der Waals surface area contributed by atoms with E-state index in [9.17, 15) is 0 Å². The normalized spacial score (nSPS) is 52.6. The molecule has 0 spiro atoms. The van der Waals surface area contributed by atoms with Crippen LogP contribution in [-0.2, 0) is 4.43 Å². The van der Waals surface area contributed by atoms with E-state index in [1.54, 1.807) is 5.57 Å². The van der Waals surface area contributed by atoms with Gasteiger partial charge in [0.1, 0.15) is 0 Å². The smallest absolute Gasteiger partial charge is 0.184 e. The molecule has 3 saturated carbocycles. The minimum Gasteiger partial charge on any atom is -0.411 e. The van der Waals surface area contributed by atoms with Gasteiger partial charge in [-0.25, -0.2) is 0 Å². The summed E-state index contributed by atoms with van der Waals surface area (Å²) in [4.78, 5) is 0. The van der Waals surface area contributed by atoms with Gasteiger partial charge in [-0.1, -0.05) is 46.3 Å². The second kappa shape index (κ2) is 6.46. The van der Waals surface area contributed by atoms with Crippen molar-refractivity contribution in [2.24, 2.45) is 46.3 Å². The van der Waals surface area contributed by atoms with E-state index in [1.807, 2.05) is 0 Å². The first kappa shape index (κ1) is 20.2. The van der Waals surface area contributed by atoms with Gasteiger partial charge in [0.15, 0.2) is 8.32 Å². The molecule has 0 saturated heterocycles. The number of fused-ring (bicyclic) bond motifs is 5. The number of allylic oxidation sites excluding steroid dienone is 1. The lowest BCUT2D eigenvalue weighted by atomic mass is 9.43. The zero-order valence-corrected chi connectivity index (χ0v) is 20.3. The van der Waals surface area contributed by atoms with E-state index in [0.717, 1.165) is 35.5 Å². The maximum atomic E-state index is 6.55. The van der Waals surface area contributed by atoms with Gasteiger partial charge >= 0.3 is 0 Å². The molecule has 2 heteroatoms. The summed E-state index contributed by atoms with van der Waals surface area (Å²) in [6.45, 7) is 20.0. The molecule has 0 aromatic heterocycles. The average Bonchev–Trinajstić information content (AvgIpc) is 2.88. The summed E-state index contributed by atoms with van der Waals surface area (Å²) < 4.78 is 6.55. The second-order valence-electron chi connectivity index (χ2n) is 12.3. The summed E-state index contributed by atoms with van der Waals surface area (Å²) in [5.74, 6) is 5.30. The van der Waals surface area contributed by atoms with Crippen LogP contribution in [0.1, 0.15) is 73.1 Å². The summed E-state index contributed by atoms with van der Waals surface area (Å²) in [5, 5.41) is 0. The van der Waals surface area contributed by atoms with Crippen molar-refractivity contribution in [1.29, 1.82) is 0 Å². The topological polar surface area (TPSA) is 9.23 Å². The third-order valence-electron chi connectivity index (χ3n) is 9.99. The van der Waals surface area contributed by atoms with Gasteiger partial charge in [0, 0.05) is 0 Å². The SMILES string of the molecule is CC1C2C(CC[C@@]3(C)C2CC[C@@H]3C)[C@@]2(C)CCC(O[Si](C)(C)C)C=C2[C@H]1C. The summed E-state index contributed by atoms with van der Waals surface area (Å²) in [5.41, 5.74) is 2.83. The molecule has 1 nitrogen and oxygen atoms in total. The van der Waals surface area contributed by atoms with Crippen LogP contribution < -0.4 is 0 Å². The Bertz CT molecular complexity index is 618. The van der Waals surface area contributed by atoms with Crippen LogP contribution in [0, 0.1) is 46.3 Å². The molecule has 9 atom stereocenters. The van der Waals surface area contributed by atoms with Gasteiger partial charge in [0.2, 0.25) is 0 Å². The van der Waals surface area contributed by atoms with Crippen LogP contribution in [0.15, 0.2) is 11.6 Å². The van der Waals surface area contributed by atoms with Crippen molar-refractivity contribution in [3.63, 3.8) is 0 Å². The predicted octanol–water partition coefficient (Wildman–Crippen LogP) is 7.30. The Balaban J connectivity index is 1.68. The van der Waals surface area contributed by atoms with Crippen LogP contribution in [0.25, 0.3) is 0 Å². The molecule has 27 heavy (non-hydrogen) atoms. The molecular formula is C25H44OSi. The Hall–Kier alpha value is -0.0831. The standard InChI is InChI=1S/C25H44OSi/c1-16-9-10-20-23-18(3)17(2)22-15-19(26-27(6,7)8)11-13-25(22,5)21(23)12-14-24(16,20)4/h15-21,23H,9-14H2,1-8H3/t16-,17-,18?,19?,20?,21?,23?,24+,25+/m0/s1. The van der Waals surface area contributed by atoms with Gasteiger partial charge < -0.3 is 4.43 Å². The Morgan fingerprint density at radius 3 is 2.30 bits per heavy atom. The van der Waals surface area contributed by atoms with Gasteiger partial charge in [-0.05, 0) is 105 Å². The van der Waals surface area contributed by atoms with Crippen molar-refractivity contribution in [2.45, 2.75) is 98.9 Å². The molecule has 0 aromatic rings. The van der Waals surface area contributed by atoms with Crippen molar-refractivity contribution in [2.75, 3.05) is 0 Å². The average molecular weight is 389 g/mol. The van der Waals surface area contributed by atoms with Crippen LogP contribution in [0.3, 0.4) is 0 Å². The van der Waals surface area contributed by atoms with E-state index in [1.165, 1.54) is 38.5 Å². The molecule has 0 aliphatic heterocycles. The molecule has 0 radical (unpaired) electrons. The Morgan fingerprint density at radius 1 is 0.926 bits per heavy atom. The van der Waals surface area contributed by atoms with Gasteiger partial charge in [0.25, 0.3) is 0 Å². The lowest BCUT2D eigenvalue weighted by Crippen LogP contribution is -2.55. The highest BCUT2D eigenvalue weighted by Crippen LogP contribution is 2.68. The minimum absolute atomic E-state index is 0.381. The lowest BCUT2D eigenvalue weighted by Gasteiger charge is -2.62. The van der Waals surface area contributed by atoms with Crippen molar-refractivity contribution >= 4 is 8.32 Å². The van der Waals surface area contributed by atoms with Crippen LogP contribution in [0.4, 0.5) is 0 Å². The lowest BCUT2D eigenvalue weighted by molar-refractivity contribution is -0.0898. The number of hydrogen-bond acceptors (Lipinski definition) is 1. The molecule has 3 fully saturated rings. The quantitative estimate of drug-likeness (QED) is 0.356. The van der Waals surface area contributed by atoms with Gasteiger partial charge in [0.05, 0.1) is 6.10 Å². The third-order valence-corrected chi connectivity index (χ3v) is 11.0. The molecule has 0 N–H and O–H groups in total. The van der Waals surface area contributed by atoms with Gasteiger partial charge in [-0.2, -0.15) is 0 Å². The maximum Gasteiger partial charge on any atom is 0.184 e. The van der Waals surface area contributed by atoms with Crippen LogP contribution >= 0.6 is 0 Å². The fraction of sp³-hybridized carbons (Fsp3) is 0.920. The summed E-state index contributed by atoms with van der Waals surface area (Å²) in [6, 6.07) is 0. The van der Waals surface area contributed by atoms with E-state index in [4.69, 9.17) is 4.43 Å². The van der Waals surface area contributed by atoms with Crippen molar-refractivity contribution in [1.82, 2.24) is 0 Å². The van der Waals surface area contributed by atoms with Crippen molar-refractivity contribution in [3.05, 3.63) is 11.6 Å². The summed E-state index contributed by atoms with van der Waals surface area (Å²) in [6.07, 6.45) is 11.5. The van der Waals surface area contributed by atoms with Crippen LogP contribution in [-0.4, -0.2) is 14.4 Å². The molecule has 4 aliphatic carbocycles. The van der Waals surface area contributed by atoms with Gasteiger partial charge in [-0.15, -0.1) is 0 Å². The molecule has 154 valence electrons. The molecule has 0 bridgehead atoms. The minimum atomic E-state index is -1.48. The number of rotatable bonds is 2. The molecule has 0 amide bonds. The summed E-state index contributed by atoms with van der Waals surface area (Å²) in [7, 11) is -1.48. The van der Waals surface area contributed by atoms with Crippen molar-refractivity contribution < 1.29 is 4.43 Å². The molecule has 5 unspecified atom stereocenters. The first-order valence-electron chi connectivity index (χ1n) is 11.9. The van der Waals surface area contributed by atoms with Crippen LogP contribution in [0.5, 0.6) is 0 Å². The van der Waals surface area contributed by atoms with E-state index in [-0.39, 0.29) is 0 Å². The largest absolute Gasteiger partial charge is 0.411 e. The molecule has 0 heterocycles. The van der Waals surface area contributed by atoms with E-state index in [2.05, 4.69) is 60.3 Å². The van der Waals surface area contributed by atoms with Gasteiger partial charge in [-0.3, -0.25) is 0 Å². The monoisotopic (exact) mass is 388 g/mol. The molecule has 4 aliphatic rings. The fourth-order valence-electron chi connectivity index (χ4n) is 8.23. The Morgan fingerprint density at radius 2 is 1.63 bits per heavy atom. The van der Waals surface area contributed by atoms with Crippen molar-refractivity contribution in [3.8, 4) is 0 Å². The van der Waals surface area contributed by atoms with E-state index < -0.39 is 8.32 Å². The zero-order valence-electron chi connectivity index (χ0n) is 19.3. The summed E-state index contributed by atoms with van der Waals surface area (Å²) >= 11 is 0. The maximum absolute atomic E-state index is 6.55. The first-order chi connectivity index (χ1) is 12.5.